The molecule has 1 aromatic rings. The second-order valence-corrected chi connectivity index (χ2v) is 4.20. The van der Waals surface area contributed by atoms with Gasteiger partial charge in [-0.25, -0.2) is 0 Å². The number of aromatic nitrogens is 1. The van der Waals surface area contributed by atoms with Crippen LogP contribution in [-0.2, 0) is 0 Å². The molecule has 0 aromatic carbocycles. The van der Waals surface area contributed by atoms with Crippen molar-refractivity contribution in [3.8, 4) is 0 Å². The van der Waals surface area contributed by atoms with Gasteiger partial charge < -0.3 is 10.6 Å². The molecule has 1 aliphatic rings. The van der Waals surface area contributed by atoms with Crippen LogP contribution in [-0.4, -0.2) is 36.1 Å². The van der Waals surface area contributed by atoms with Gasteiger partial charge in [0.1, 0.15) is 0 Å². The Morgan fingerprint density at radius 3 is 3.00 bits per heavy atom. The molecule has 0 spiro atoms. The Morgan fingerprint density at radius 1 is 1.50 bits per heavy atom. The van der Waals surface area contributed by atoms with Gasteiger partial charge in [0.15, 0.2) is 0 Å². The largest absolute Gasteiger partial charge is 0.327 e. The van der Waals surface area contributed by atoms with Crippen molar-refractivity contribution in [2.45, 2.75) is 18.4 Å². The lowest BCUT2D eigenvalue weighted by Crippen LogP contribution is -2.44. The molecule has 2 N–H and O–H groups in total. The Kier molecular flexibility index (Phi) is 2.79. The summed E-state index contributed by atoms with van der Waals surface area (Å²) in [7, 11) is 2.13. The van der Waals surface area contributed by atoms with Gasteiger partial charge in [0.25, 0.3) is 0 Å². The van der Waals surface area contributed by atoms with Crippen LogP contribution in [0.15, 0.2) is 24.5 Å². The average Bonchev–Trinajstić information content (AvgIpc) is 2.18. The maximum absolute atomic E-state index is 5.99. The summed E-state index contributed by atoms with van der Waals surface area (Å²) >= 11 is 0. The fraction of sp³-hybridized carbons (Fsp3) is 0.545. The number of rotatable bonds is 1. The molecule has 0 amide bonds. The Bertz CT molecular complexity index is 276. The van der Waals surface area contributed by atoms with E-state index >= 15 is 0 Å². The zero-order valence-electron chi connectivity index (χ0n) is 8.56. The summed E-state index contributed by atoms with van der Waals surface area (Å²) in [6, 6.07) is 4.44. The van der Waals surface area contributed by atoms with Crippen molar-refractivity contribution < 1.29 is 0 Å². The monoisotopic (exact) mass is 191 g/mol. The normalized spacial score (nSPS) is 29.0. The molecule has 2 heterocycles. The summed E-state index contributed by atoms with van der Waals surface area (Å²) in [4.78, 5) is 6.45. The van der Waals surface area contributed by atoms with Gasteiger partial charge in [-0.2, -0.15) is 0 Å². The second-order valence-electron chi connectivity index (χ2n) is 4.20. The van der Waals surface area contributed by atoms with Crippen LogP contribution in [0.2, 0.25) is 0 Å². The van der Waals surface area contributed by atoms with Crippen molar-refractivity contribution in [3.05, 3.63) is 30.1 Å². The number of nitrogens with two attached hydrogens (primary N) is 1. The highest BCUT2D eigenvalue weighted by molar-refractivity contribution is 5.16. The van der Waals surface area contributed by atoms with Gasteiger partial charge in [-0.15, -0.1) is 0 Å². The molecule has 2 atom stereocenters. The predicted molar refractivity (Wildman–Crippen MR) is 57.1 cm³/mol. The van der Waals surface area contributed by atoms with Crippen molar-refractivity contribution in [2.24, 2.45) is 5.73 Å². The van der Waals surface area contributed by atoms with E-state index in [0.29, 0.717) is 12.0 Å². The zero-order chi connectivity index (χ0) is 9.97. The van der Waals surface area contributed by atoms with E-state index in [1.54, 1.807) is 0 Å². The molecule has 2 rings (SSSR count). The molecular weight excluding hydrogens is 174 g/mol. The number of hydrogen-bond donors (Lipinski definition) is 1. The van der Waals surface area contributed by atoms with Crippen molar-refractivity contribution in [1.82, 2.24) is 9.88 Å². The minimum Gasteiger partial charge on any atom is -0.327 e. The van der Waals surface area contributed by atoms with E-state index in [-0.39, 0.29) is 0 Å². The third kappa shape index (κ3) is 2.11. The van der Waals surface area contributed by atoms with Crippen LogP contribution in [0.4, 0.5) is 0 Å². The fourth-order valence-corrected chi connectivity index (χ4v) is 2.22. The summed E-state index contributed by atoms with van der Waals surface area (Å²) in [5.74, 6) is 0.553. The van der Waals surface area contributed by atoms with Gasteiger partial charge >= 0.3 is 0 Å². The second kappa shape index (κ2) is 4.07. The number of nitrogens with zero attached hydrogens (tertiary/aromatic N) is 2. The lowest BCUT2D eigenvalue weighted by Gasteiger charge is -2.33. The van der Waals surface area contributed by atoms with Crippen LogP contribution >= 0.6 is 0 Å². The summed E-state index contributed by atoms with van der Waals surface area (Å²) in [5.41, 5.74) is 7.31. The number of likely N-dealkylation sites (tertiary alicyclic amines) is 1. The molecule has 14 heavy (non-hydrogen) atoms. The van der Waals surface area contributed by atoms with E-state index in [9.17, 15) is 0 Å². The maximum atomic E-state index is 5.99. The Morgan fingerprint density at radius 2 is 2.36 bits per heavy atom. The van der Waals surface area contributed by atoms with Crippen molar-refractivity contribution >= 4 is 0 Å². The van der Waals surface area contributed by atoms with E-state index in [4.69, 9.17) is 5.73 Å². The van der Waals surface area contributed by atoms with Crippen LogP contribution in [0.3, 0.4) is 0 Å². The first-order chi connectivity index (χ1) is 6.75. The van der Waals surface area contributed by atoms with Gasteiger partial charge in [-0.3, -0.25) is 4.98 Å². The number of hydrogen-bond acceptors (Lipinski definition) is 3. The third-order valence-corrected chi connectivity index (χ3v) is 2.82. The molecule has 1 saturated heterocycles. The van der Waals surface area contributed by atoms with Crippen molar-refractivity contribution in [2.75, 3.05) is 20.1 Å². The first kappa shape index (κ1) is 9.62. The lowest BCUT2D eigenvalue weighted by atomic mass is 9.90. The van der Waals surface area contributed by atoms with Gasteiger partial charge in [0.05, 0.1) is 0 Å². The Balaban J connectivity index is 2.11. The van der Waals surface area contributed by atoms with E-state index in [1.165, 1.54) is 5.56 Å². The van der Waals surface area contributed by atoms with Gasteiger partial charge in [-0.05, 0) is 31.0 Å². The first-order valence-electron chi connectivity index (χ1n) is 5.10. The molecule has 1 aliphatic heterocycles. The number of piperidine rings is 1. The highest BCUT2D eigenvalue weighted by Gasteiger charge is 2.23. The minimum absolute atomic E-state index is 0.305. The topological polar surface area (TPSA) is 42.1 Å². The van der Waals surface area contributed by atoms with Crippen LogP contribution in [0.1, 0.15) is 17.9 Å². The Hall–Kier alpha value is -0.930. The Labute approximate surface area is 84.9 Å². The van der Waals surface area contributed by atoms with Crippen LogP contribution < -0.4 is 5.73 Å². The smallest absolute Gasteiger partial charge is 0.0303 e. The number of pyridine rings is 1. The molecule has 0 aliphatic carbocycles. The van der Waals surface area contributed by atoms with Crippen molar-refractivity contribution in [3.63, 3.8) is 0 Å². The van der Waals surface area contributed by atoms with Crippen LogP contribution in [0, 0.1) is 0 Å². The fourth-order valence-electron chi connectivity index (χ4n) is 2.22. The lowest BCUT2D eigenvalue weighted by molar-refractivity contribution is 0.227. The molecule has 0 saturated carbocycles. The quantitative estimate of drug-likeness (QED) is 0.715. The SMILES string of the molecule is CN1CC(N)CC(c2cccnc2)C1. The van der Waals surface area contributed by atoms with Crippen molar-refractivity contribution in [1.29, 1.82) is 0 Å². The summed E-state index contributed by atoms with van der Waals surface area (Å²) in [6.07, 6.45) is 4.85. The summed E-state index contributed by atoms with van der Waals surface area (Å²) in [6.45, 7) is 2.11. The number of likely N-dealkylation sites (N-methyl/N-ethyl adjacent to an activating group) is 1. The molecule has 0 radical (unpaired) electrons. The summed E-state index contributed by atoms with van der Waals surface area (Å²) < 4.78 is 0. The molecule has 0 bridgehead atoms. The zero-order valence-corrected chi connectivity index (χ0v) is 8.56. The predicted octanol–water partition coefficient (Wildman–Crippen LogP) is 0.828. The molecule has 1 aromatic heterocycles. The highest BCUT2D eigenvalue weighted by Crippen LogP contribution is 2.24. The van der Waals surface area contributed by atoms with E-state index in [2.05, 4.69) is 23.0 Å². The molecule has 76 valence electrons. The highest BCUT2D eigenvalue weighted by atomic mass is 15.1. The minimum atomic E-state index is 0.305. The van der Waals surface area contributed by atoms with E-state index in [0.717, 1.165) is 19.5 Å². The van der Waals surface area contributed by atoms with Gasteiger partial charge in [0.2, 0.25) is 0 Å². The van der Waals surface area contributed by atoms with Crippen LogP contribution in [0.5, 0.6) is 0 Å². The third-order valence-electron chi connectivity index (χ3n) is 2.82. The first-order valence-corrected chi connectivity index (χ1v) is 5.10. The van der Waals surface area contributed by atoms with Gasteiger partial charge in [0, 0.05) is 31.5 Å². The van der Waals surface area contributed by atoms with Crippen LogP contribution in [0.25, 0.3) is 0 Å². The average molecular weight is 191 g/mol. The summed E-state index contributed by atoms with van der Waals surface area (Å²) in [5, 5.41) is 0. The van der Waals surface area contributed by atoms with E-state index in [1.807, 2.05) is 18.5 Å². The standard InChI is InChI=1S/C11H17N3/c1-14-7-10(5-11(12)8-14)9-3-2-4-13-6-9/h2-4,6,10-11H,5,7-8,12H2,1H3. The molecular formula is C11H17N3. The maximum Gasteiger partial charge on any atom is 0.0303 e. The van der Waals surface area contributed by atoms with E-state index < -0.39 is 0 Å². The molecule has 3 nitrogen and oxygen atoms in total. The molecule has 1 fully saturated rings. The van der Waals surface area contributed by atoms with Gasteiger partial charge in [-0.1, -0.05) is 6.07 Å². The molecule has 3 heteroatoms. The molecule has 2 unspecified atom stereocenters.